The summed E-state index contributed by atoms with van der Waals surface area (Å²) in [5.74, 6) is 2.13. The van der Waals surface area contributed by atoms with Gasteiger partial charge in [-0.3, -0.25) is 4.90 Å². The van der Waals surface area contributed by atoms with Crippen LogP contribution in [0.4, 0.5) is 10.6 Å². The Kier molecular flexibility index (Phi) is 8.91. The molecule has 0 N–H and O–H groups in total. The van der Waals surface area contributed by atoms with Gasteiger partial charge < -0.3 is 19.4 Å². The molecule has 0 atom stereocenters. The van der Waals surface area contributed by atoms with E-state index in [0.717, 1.165) is 74.7 Å². The number of pyridine rings is 1. The van der Waals surface area contributed by atoms with Crippen LogP contribution in [0.25, 0.3) is 11.0 Å². The van der Waals surface area contributed by atoms with E-state index in [-0.39, 0.29) is 11.6 Å². The molecule has 0 bridgehead atoms. The van der Waals surface area contributed by atoms with Crippen LogP contribution in [0.5, 0.6) is 5.88 Å². The summed E-state index contributed by atoms with van der Waals surface area (Å²) in [6, 6.07) is 5.93. The number of piperazine rings is 1. The molecular weight excluding hydrogens is 518 g/mol. The lowest BCUT2D eigenvalue weighted by molar-refractivity contribution is 0.0871. The fourth-order valence-electron chi connectivity index (χ4n) is 5.98. The Balaban J connectivity index is 1.16. The molecule has 0 spiro atoms. The molecule has 0 unspecified atom stereocenters. The summed E-state index contributed by atoms with van der Waals surface area (Å²) in [5.41, 5.74) is 1.81. The van der Waals surface area contributed by atoms with E-state index in [1.807, 2.05) is 40.9 Å². The van der Waals surface area contributed by atoms with Crippen LogP contribution in [-0.4, -0.2) is 110 Å². The number of hydrogen-bond acceptors (Lipinski definition) is 8. The molecule has 41 heavy (non-hydrogen) atoms. The highest BCUT2D eigenvalue weighted by Crippen LogP contribution is 2.26. The maximum atomic E-state index is 13.4. The fraction of sp³-hybridized carbons (Fsp3) is 0.633. The molecule has 0 aromatic carbocycles. The molecule has 5 heterocycles. The number of piperidine rings is 1. The number of hydrogen-bond donors (Lipinski definition) is 0. The van der Waals surface area contributed by atoms with Gasteiger partial charge >= 0.3 is 6.03 Å². The van der Waals surface area contributed by atoms with Gasteiger partial charge in [0.1, 0.15) is 12.1 Å². The van der Waals surface area contributed by atoms with E-state index in [2.05, 4.69) is 62.4 Å². The third kappa shape index (κ3) is 6.72. The van der Waals surface area contributed by atoms with Gasteiger partial charge in [-0.15, -0.1) is 0 Å². The Morgan fingerprint density at radius 1 is 1.02 bits per heavy atom. The lowest BCUT2D eigenvalue weighted by atomic mass is 9.94. The molecule has 0 aliphatic carbocycles. The molecule has 0 saturated carbocycles. The number of carbonyl (C=O) groups is 1. The van der Waals surface area contributed by atoms with Crippen LogP contribution in [-0.2, 0) is 6.54 Å². The fourth-order valence-corrected chi connectivity index (χ4v) is 5.98. The van der Waals surface area contributed by atoms with E-state index in [1.165, 1.54) is 0 Å². The monoisotopic (exact) mass is 563 g/mol. The zero-order chi connectivity index (χ0) is 29.0. The van der Waals surface area contributed by atoms with Gasteiger partial charge in [0.25, 0.3) is 0 Å². The van der Waals surface area contributed by atoms with Crippen molar-refractivity contribution in [2.75, 3.05) is 63.9 Å². The summed E-state index contributed by atoms with van der Waals surface area (Å²) >= 11 is 0. The van der Waals surface area contributed by atoms with Crippen LogP contribution < -0.4 is 9.64 Å². The molecule has 0 radical (unpaired) electrons. The van der Waals surface area contributed by atoms with E-state index >= 15 is 0 Å². The number of nitrogens with zero attached hydrogens (tertiary/aromatic N) is 9. The summed E-state index contributed by atoms with van der Waals surface area (Å²) in [6.45, 7) is 18.8. The van der Waals surface area contributed by atoms with Crippen molar-refractivity contribution in [3.63, 3.8) is 0 Å². The molecule has 2 amide bonds. The Hall–Kier alpha value is -3.47. The standard InChI is InChI=1S/C30H45N9O2/c1-6-38(30(3,4)5)20-23-11-13-36(14-12-23)29(40)37-17-15-35(16-18-37)27-25-19-33-39(28(25)32-22-31-27)21-24-9-8-10-26(34-24)41-7-2/h8-10,19,22-23H,6-7,11-18,20-21H2,1-5H3. The Morgan fingerprint density at radius 3 is 2.44 bits per heavy atom. The molecule has 2 aliphatic heterocycles. The van der Waals surface area contributed by atoms with Crippen LogP contribution >= 0.6 is 0 Å². The second kappa shape index (κ2) is 12.6. The topological polar surface area (TPSA) is 95.8 Å². The number of likely N-dealkylation sites (tertiary alicyclic amines) is 1. The third-order valence-electron chi connectivity index (χ3n) is 8.34. The minimum atomic E-state index is 0.175. The van der Waals surface area contributed by atoms with E-state index in [9.17, 15) is 4.79 Å². The molecule has 2 saturated heterocycles. The van der Waals surface area contributed by atoms with E-state index in [0.29, 0.717) is 38.0 Å². The predicted molar refractivity (Wildman–Crippen MR) is 160 cm³/mol. The van der Waals surface area contributed by atoms with Gasteiger partial charge in [0.15, 0.2) is 5.65 Å². The highest BCUT2D eigenvalue weighted by atomic mass is 16.5. The summed E-state index contributed by atoms with van der Waals surface area (Å²) in [7, 11) is 0. The minimum absolute atomic E-state index is 0.175. The number of carbonyl (C=O) groups excluding carboxylic acids is 1. The number of aromatic nitrogens is 5. The summed E-state index contributed by atoms with van der Waals surface area (Å²) < 4.78 is 7.39. The van der Waals surface area contributed by atoms with E-state index in [4.69, 9.17) is 4.74 Å². The zero-order valence-corrected chi connectivity index (χ0v) is 25.3. The van der Waals surface area contributed by atoms with E-state index < -0.39 is 0 Å². The van der Waals surface area contributed by atoms with Crippen molar-refractivity contribution in [1.29, 1.82) is 0 Å². The van der Waals surface area contributed by atoms with Gasteiger partial charge in [0.2, 0.25) is 5.88 Å². The molecule has 11 heteroatoms. The Morgan fingerprint density at radius 2 is 1.76 bits per heavy atom. The number of fused-ring (bicyclic) bond motifs is 1. The molecule has 2 aliphatic rings. The first kappa shape index (κ1) is 29.0. The number of anilines is 1. The highest BCUT2D eigenvalue weighted by molar-refractivity contribution is 5.87. The Labute approximate surface area is 243 Å². The summed E-state index contributed by atoms with van der Waals surface area (Å²) in [6.07, 6.45) is 5.58. The molecule has 3 aromatic heterocycles. The maximum Gasteiger partial charge on any atom is 0.320 e. The van der Waals surface area contributed by atoms with Crippen LogP contribution in [0.15, 0.2) is 30.7 Å². The summed E-state index contributed by atoms with van der Waals surface area (Å²) in [4.78, 5) is 35.9. The lowest BCUT2D eigenvalue weighted by Crippen LogP contribution is -2.55. The van der Waals surface area contributed by atoms with Gasteiger partial charge in [0, 0.05) is 57.4 Å². The molecule has 11 nitrogen and oxygen atoms in total. The summed E-state index contributed by atoms with van der Waals surface area (Å²) in [5, 5.41) is 5.51. The minimum Gasteiger partial charge on any atom is -0.478 e. The highest BCUT2D eigenvalue weighted by Gasteiger charge is 2.31. The van der Waals surface area contributed by atoms with Crippen LogP contribution in [0.2, 0.25) is 0 Å². The van der Waals surface area contributed by atoms with Crippen LogP contribution in [0.1, 0.15) is 53.2 Å². The SMILES string of the molecule is CCOc1cccc(Cn2ncc3c(N4CCN(C(=O)N5CCC(CN(CC)C(C)(C)C)CC5)CC4)ncnc32)n1. The van der Waals surface area contributed by atoms with Gasteiger partial charge in [-0.25, -0.2) is 24.4 Å². The van der Waals surface area contributed by atoms with Crippen molar-refractivity contribution in [3.05, 3.63) is 36.4 Å². The normalized spacial score (nSPS) is 17.1. The first-order valence-electron chi connectivity index (χ1n) is 15.1. The average Bonchev–Trinajstić information content (AvgIpc) is 3.38. The predicted octanol–water partition coefficient (Wildman–Crippen LogP) is 3.74. The first-order chi connectivity index (χ1) is 19.8. The smallest absolute Gasteiger partial charge is 0.320 e. The maximum absolute atomic E-state index is 13.4. The molecule has 2 fully saturated rings. The van der Waals surface area contributed by atoms with Crippen molar-refractivity contribution in [3.8, 4) is 5.88 Å². The lowest BCUT2D eigenvalue weighted by Gasteiger charge is -2.42. The van der Waals surface area contributed by atoms with Crippen molar-refractivity contribution >= 4 is 22.9 Å². The van der Waals surface area contributed by atoms with Gasteiger partial charge in [-0.2, -0.15) is 5.10 Å². The molecule has 3 aromatic rings. The van der Waals surface area contributed by atoms with Gasteiger partial charge in [0.05, 0.1) is 30.4 Å². The molecular formula is C30H45N9O2. The number of rotatable bonds is 8. The zero-order valence-electron chi connectivity index (χ0n) is 25.3. The van der Waals surface area contributed by atoms with Gasteiger partial charge in [-0.1, -0.05) is 13.0 Å². The van der Waals surface area contributed by atoms with Crippen LogP contribution in [0, 0.1) is 5.92 Å². The quantitative estimate of drug-likeness (QED) is 0.409. The second-order valence-electron chi connectivity index (χ2n) is 12.0. The van der Waals surface area contributed by atoms with E-state index in [1.54, 1.807) is 6.33 Å². The number of amides is 2. The average molecular weight is 564 g/mol. The number of urea groups is 1. The van der Waals surface area contributed by atoms with Crippen molar-refractivity contribution in [1.82, 2.24) is 39.4 Å². The van der Waals surface area contributed by atoms with Crippen molar-refractivity contribution in [2.45, 2.75) is 59.5 Å². The Bertz CT molecular complexity index is 1300. The van der Waals surface area contributed by atoms with Crippen LogP contribution in [0.3, 0.4) is 0 Å². The van der Waals surface area contributed by atoms with Crippen molar-refractivity contribution in [2.24, 2.45) is 5.92 Å². The third-order valence-corrected chi connectivity index (χ3v) is 8.34. The number of ether oxygens (including phenoxy) is 1. The molecule has 222 valence electrons. The molecule has 5 rings (SSSR count). The first-order valence-corrected chi connectivity index (χ1v) is 15.1. The van der Waals surface area contributed by atoms with Gasteiger partial charge in [-0.05, 0) is 59.1 Å². The largest absolute Gasteiger partial charge is 0.478 e. The van der Waals surface area contributed by atoms with Crippen molar-refractivity contribution < 1.29 is 9.53 Å². The second-order valence-corrected chi connectivity index (χ2v) is 12.0.